The summed E-state index contributed by atoms with van der Waals surface area (Å²) in [7, 11) is 0. The summed E-state index contributed by atoms with van der Waals surface area (Å²) >= 11 is 0. The average Bonchev–Trinajstić information content (AvgIpc) is 3.28. The van der Waals surface area contributed by atoms with Crippen molar-refractivity contribution in [3.05, 3.63) is 113 Å². The van der Waals surface area contributed by atoms with Crippen molar-refractivity contribution in [2.24, 2.45) is 5.73 Å². The van der Waals surface area contributed by atoms with E-state index in [0.717, 1.165) is 11.1 Å². The summed E-state index contributed by atoms with van der Waals surface area (Å²) in [6.07, 6.45) is 0. The molecule has 0 aliphatic rings. The van der Waals surface area contributed by atoms with Gasteiger partial charge in [-0.05, 0) is 46.2 Å². The van der Waals surface area contributed by atoms with Crippen molar-refractivity contribution in [2.75, 3.05) is 13.1 Å². The number of carbonyl (C=O) groups is 1. The van der Waals surface area contributed by atoms with Crippen LogP contribution < -0.4 is 16.4 Å². The molecule has 5 rings (SSSR count). The van der Waals surface area contributed by atoms with Crippen LogP contribution in [0.1, 0.15) is 27.2 Å². The van der Waals surface area contributed by atoms with Gasteiger partial charge in [0.15, 0.2) is 0 Å². The fourth-order valence-electron chi connectivity index (χ4n) is 4.67. The van der Waals surface area contributed by atoms with Crippen molar-refractivity contribution in [2.45, 2.75) is 13.1 Å². The Morgan fingerprint density at radius 3 is 2.54 bits per heavy atom. The number of benzene rings is 4. The summed E-state index contributed by atoms with van der Waals surface area (Å²) in [6, 6.07) is 28.9. The number of hydrogen-bond acceptors (Lipinski definition) is 4. The topological polar surface area (TPSA) is 116 Å². The maximum Gasteiger partial charge on any atom is 0.268 e. The third-order valence-electron chi connectivity index (χ3n) is 6.52. The van der Waals surface area contributed by atoms with Gasteiger partial charge in [-0.15, -0.1) is 0 Å². The monoisotopic (exact) mass is 491 g/mol. The highest BCUT2D eigenvalue weighted by atomic mass is 16.3. The zero-order valence-electron chi connectivity index (χ0n) is 20.4. The second kappa shape index (κ2) is 10.6. The smallest absolute Gasteiger partial charge is 0.268 e. The Morgan fingerprint density at radius 2 is 1.68 bits per heavy atom. The lowest BCUT2D eigenvalue weighted by molar-refractivity contribution is 0.0945. The van der Waals surface area contributed by atoms with Gasteiger partial charge in [0, 0.05) is 37.1 Å². The van der Waals surface area contributed by atoms with Crippen LogP contribution in [-0.2, 0) is 13.1 Å². The van der Waals surface area contributed by atoms with Crippen LogP contribution in [0.5, 0.6) is 5.75 Å². The third-order valence-corrected chi connectivity index (χ3v) is 6.52. The molecular weight excluding hydrogens is 462 g/mol. The van der Waals surface area contributed by atoms with E-state index in [1.54, 1.807) is 24.3 Å². The fourth-order valence-corrected chi connectivity index (χ4v) is 4.67. The van der Waals surface area contributed by atoms with Crippen LogP contribution in [-0.4, -0.2) is 34.5 Å². The molecule has 0 bridgehead atoms. The van der Waals surface area contributed by atoms with Gasteiger partial charge in [0.25, 0.3) is 5.91 Å². The van der Waals surface area contributed by atoms with E-state index >= 15 is 0 Å². The van der Waals surface area contributed by atoms with E-state index in [-0.39, 0.29) is 17.5 Å². The molecule has 7 heteroatoms. The summed E-state index contributed by atoms with van der Waals surface area (Å²) in [5.41, 5.74) is 9.62. The molecule has 1 heterocycles. The summed E-state index contributed by atoms with van der Waals surface area (Å²) in [5.74, 6) is -0.101. The predicted octanol–water partition coefficient (Wildman–Crippen LogP) is 4.35. The second-order valence-electron chi connectivity index (χ2n) is 9.01. The molecule has 6 N–H and O–H groups in total. The Balaban J connectivity index is 1.29. The summed E-state index contributed by atoms with van der Waals surface area (Å²) < 4.78 is 1.88. The zero-order valence-corrected chi connectivity index (χ0v) is 20.4. The van der Waals surface area contributed by atoms with Gasteiger partial charge in [-0.25, -0.2) is 0 Å². The number of nitrogens with one attached hydrogen (secondary N) is 3. The van der Waals surface area contributed by atoms with Crippen molar-refractivity contribution < 1.29 is 9.90 Å². The maximum absolute atomic E-state index is 13.2. The number of carbonyl (C=O) groups excluding carboxylic acids is 1. The van der Waals surface area contributed by atoms with E-state index in [1.807, 2.05) is 41.0 Å². The second-order valence-corrected chi connectivity index (χ2v) is 9.01. The first-order valence-corrected chi connectivity index (χ1v) is 12.2. The minimum Gasteiger partial charge on any atom is -0.507 e. The summed E-state index contributed by atoms with van der Waals surface area (Å²) in [5, 5.41) is 27.6. The van der Waals surface area contributed by atoms with E-state index in [0.29, 0.717) is 42.8 Å². The Bertz CT molecular complexity index is 1600. The number of phenols is 1. The van der Waals surface area contributed by atoms with Crippen molar-refractivity contribution in [3.8, 4) is 5.75 Å². The highest BCUT2D eigenvalue weighted by molar-refractivity contribution is 6.00. The first-order valence-electron chi connectivity index (χ1n) is 12.2. The zero-order chi connectivity index (χ0) is 25.8. The molecule has 4 aromatic carbocycles. The summed E-state index contributed by atoms with van der Waals surface area (Å²) in [4.78, 5) is 13.2. The van der Waals surface area contributed by atoms with Crippen LogP contribution in [0.15, 0.2) is 91.0 Å². The number of hydrogen-bond donors (Lipinski definition) is 5. The fraction of sp³-hybridized carbons (Fsp3) is 0.133. The number of nitrogen functional groups attached to an aromatic ring is 1. The van der Waals surface area contributed by atoms with Gasteiger partial charge in [-0.3, -0.25) is 10.2 Å². The number of amides is 1. The van der Waals surface area contributed by atoms with Crippen LogP contribution in [0.4, 0.5) is 0 Å². The normalized spacial score (nSPS) is 11.1. The lowest BCUT2D eigenvalue weighted by Gasteiger charge is -2.13. The summed E-state index contributed by atoms with van der Waals surface area (Å²) in [6.45, 7) is 2.17. The quantitative estimate of drug-likeness (QED) is 0.120. The number of nitrogens with two attached hydrogens (primary N) is 1. The average molecular weight is 492 g/mol. The molecule has 0 spiro atoms. The standard InChI is InChI=1S/C30H29N5O2/c31-29(32)22-9-3-6-20(16-22)19-35-26-12-5-13-28(36)25(26)17-27(35)30(37)34-15-14-33-18-23-10-4-8-21-7-1-2-11-24(21)23/h1-13,16-17,33,36H,14-15,18-19H2,(H3,31,32)(H,34,37). The number of amidine groups is 1. The van der Waals surface area contributed by atoms with E-state index in [1.165, 1.54) is 16.3 Å². The molecule has 7 nitrogen and oxygen atoms in total. The Morgan fingerprint density at radius 1 is 0.892 bits per heavy atom. The Labute approximate surface area is 215 Å². The van der Waals surface area contributed by atoms with Gasteiger partial charge >= 0.3 is 0 Å². The van der Waals surface area contributed by atoms with E-state index < -0.39 is 0 Å². The number of phenolic OH excluding ortho intramolecular Hbond substituents is 1. The molecule has 0 saturated carbocycles. The molecule has 0 radical (unpaired) electrons. The van der Waals surface area contributed by atoms with Crippen molar-refractivity contribution >= 4 is 33.4 Å². The van der Waals surface area contributed by atoms with Crippen LogP contribution in [0.2, 0.25) is 0 Å². The van der Waals surface area contributed by atoms with E-state index in [9.17, 15) is 9.90 Å². The number of nitrogens with zero attached hydrogens (tertiary/aromatic N) is 1. The van der Waals surface area contributed by atoms with Crippen molar-refractivity contribution in [1.29, 1.82) is 5.41 Å². The molecule has 0 aliphatic carbocycles. The maximum atomic E-state index is 13.2. The SMILES string of the molecule is N=C(N)c1cccc(Cn2c(C(=O)NCCNCc3cccc4ccccc34)cc3c(O)cccc32)c1. The molecule has 0 atom stereocenters. The van der Waals surface area contributed by atoms with Crippen molar-refractivity contribution in [1.82, 2.24) is 15.2 Å². The molecule has 0 aliphatic heterocycles. The highest BCUT2D eigenvalue weighted by Gasteiger charge is 2.17. The minimum absolute atomic E-state index is 0.00850. The van der Waals surface area contributed by atoms with Crippen LogP contribution >= 0.6 is 0 Å². The molecule has 0 saturated heterocycles. The largest absolute Gasteiger partial charge is 0.507 e. The molecule has 5 aromatic rings. The number of aromatic hydroxyl groups is 1. The third kappa shape index (κ3) is 5.17. The van der Waals surface area contributed by atoms with Gasteiger partial charge in [0.2, 0.25) is 0 Å². The van der Waals surface area contributed by atoms with Crippen LogP contribution in [0, 0.1) is 5.41 Å². The van der Waals surface area contributed by atoms with E-state index in [2.05, 4.69) is 41.0 Å². The van der Waals surface area contributed by atoms with Crippen LogP contribution in [0.25, 0.3) is 21.7 Å². The molecule has 37 heavy (non-hydrogen) atoms. The first-order chi connectivity index (χ1) is 18.0. The Kier molecular flexibility index (Phi) is 6.87. The van der Waals surface area contributed by atoms with Gasteiger partial charge in [-0.2, -0.15) is 0 Å². The lowest BCUT2D eigenvalue weighted by atomic mass is 10.0. The number of aromatic nitrogens is 1. The van der Waals surface area contributed by atoms with E-state index in [4.69, 9.17) is 11.1 Å². The van der Waals surface area contributed by atoms with Gasteiger partial charge < -0.3 is 26.0 Å². The van der Waals surface area contributed by atoms with Gasteiger partial charge in [0.1, 0.15) is 17.3 Å². The molecule has 1 aromatic heterocycles. The van der Waals surface area contributed by atoms with Gasteiger partial charge in [0.05, 0.1) is 5.52 Å². The molecule has 0 fully saturated rings. The molecule has 1 amide bonds. The lowest BCUT2D eigenvalue weighted by Crippen LogP contribution is -2.32. The predicted molar refractivity (Wildman–Crippen MR) is 148 cm³/mol. The first kappa shape index (κ1) is 24.1. The molecule has 186 valence electrons. The van der Waals surface area contributed by atoms with Crippen LogP contribution in [0.3, 0.4) is 0 Å². The van der Waals surface area contributed by atoms with Crippen molar-refractivity contribution in [3.63, 3.8) is 0 Å². The molecular formula is C30H29N5O2. The highest BCUT2D eigenvalue weighted by Crippen LogP contribution is 2.29. The Hall–Kier alpha value is -4.62. The minimum atomic E-state index is -0.217. The molecule has 0 unspecified atom stereocenters. The number of fused-ring (bicyclic) bond motifs is 2. The van der Waals surface area contributed by atoms with Gasteiger partial charge in [-0.1, -0.05) is 66.7 Å². The number of rotatable bonds is 9.